The van der Waals surface area contributed by atoms with Crippen LogP contribution in [-0.2, 0) is 0 Å². The lowest BCUT2D eigenvalue weighted by molar-refractivity contribution is 0.734. The van der Waals surface area contributed by atoms with Gasteiger partial charge in [-0.3, -0.25) is 0 Å². The van der Waals surface area contributed by atoms with E-state index in [1.807, 2.05) is 0 Å². The molecule has 0 aromatic heterocycles. The van der Waals surface area contributed by atoms with Crippen molar-refractivity contribution in [2.75, 3.05) is 0 Å². The molecule has 0 spiro atoms. The molecule has 0 bridgehead atoms. The van der Waals surface area contributed by atoms with Crippen molar-refractivity contribution >= 4 is 11.1 Å². The molecule has 0 saturated heterocycles. The third kappa shape index (κ3) is 2.77. The number of benzene rings is 3. The van der Waals surface area contributed by atoms with Crippen LogP contribution in [0.1, 0.15) is 35.6 Å². The van der Waals surface area contributed by atoms with Gasteiger partial charge < -0.3 is 0 Å². The molecule has 2 aliphatic carbocycles. The van der Waals surface area contributed by atoms with E-state index in [0.29, 0.717) is 5.92 Å². The minimum Gasteiger partial charge on any atom is -0.0808 e. The first-order valence-corrected chi connectivity index (χ1v) is 10.1. The zero-order valence-corrected chi connectivity index (χ0v) is 16.4. The first-order valence-electron chi connectivity index (χ1n) is 10.1. The van der Waals surface area contributed by atoms with Crippen molar-refractivity contribution in [3.8, 4) is 11.1 Å². The summed E-state index contributed by atoms with van der Waals surface area (Å²) in [7, 11) is 0. The fourth-order valence-corrected chi connectivity index (χ4v) is 4.42. The fourth-order valence-electron chi connectivity index (χ4n) is 4.42. The predicted molar refractivity (Wildman–Crippen MR) is 120 cm³/mol. The molecule has 0 fully saturated rings. The number of hydrogen-bond acceptors (Lipinski definition) is 0. The van der Waals surface area contributed by atoms with E-state index in [1.165, 1.54) is 50.1 Å². The van der Waals surface area contributed by atoms with Gasteiger partial charge in [-0.1, -0.05) is 104 Å². The fraction of sp³-hybridized carbons (Fsp3) is 0.143. The summed E-state index contributed by atoms with van der Waals surface area (Å²) in [4.78, 5) is 0. The van der Waals surface area contributed by atoms with E-state index < -0.39 is 0 Å². The lowest BCUT2D eigenvalue weighted by Crippen LogP contribution is -2.00. The molecule has 136 valence electrons. The van der Waals surface area contributed by atoms with Gasteiger partial charge in [0.05, 0.1) is 0 Å². The molecule has 0 radical (unpaired) electrons. The summed E-state index contributed by atoms with van der Waals surface area (Å²) < 4.78 is 0. The van der Waals surface area contributed by atoms with Gasteiger partial charge in [0.2, 0.25) is 0 Å². The van der Waals surface area contributed by atoms with Crippen LogP contribution in [0.4, 0.5) is 0 Å². The van der Waals surface area contributed by atoms with Gasteiger partial charge in [-0.2, -0.15) is 0 Å². The van der Waals surface area contributed by atoms with Crippen LogP contribution >= 0.6 is 0 Å². The minimum absolute atomic E-state index is 0.608. The Balaban J connectivity index is 1.87. The summed E-state index contributed by atoms with van der Waals surface area (Å²) in [6.45, 7) is 4.47. The van der Waals surface area contributed by atoms with E-state index in [1.54, 1.807) is 0 Å². The normalized spacial score (nSPS) is 19.1. The van der Waals surface area contributed by atoms with Crippen LogP contribution in [0.15, 0.2) is 96.6 Å². The van der Waals surface area contributed by atoms with Crippen molar-refractivity contribution in [1.82, 2.24) is 0 Å². The van der Waals surface area contributed by atoms with Crippen LogP contribution in [0, 0.1) is 12.8 Å². The first-order chi connectivity index (χ1) is 13.7. The molecule has 0 amide bonds. The molecule has 1 unspecified atom stereocenters. The zero-order chi connectivity index (χ0) is 19.1. The van der Waals surface area contributed by atoms with E-state index in [4.69, 9.17) is 0 Å². The highest BCUT2D eigenvalue weighted by Gasteiger charge is 2.27. The largest absolute Gasteiger partial charge is 0.0808 e. The van der Waals surface area contributed by atoms with Gasteiger partial charge in [-0.05, 0) is 63.8 Å². The van der Waals surface area contributed by atoms with Crippen molar-refractivity contribution in [2.45, 2.75) is 20.3 Å². The van der Waals surface area contributed by atoms with Gasteiger partial charge in [0.25, 0.3) is 0 Å². The highest BCUT2D eigenvalue weighted by Crippen LogP contribution is 2.49. The van der Waals surface area contributed by atoms with Crippen LogP contribution in [-0.4, -0.2) is 0 Å². The summed E-state index contributed by atoms with van der Waals surface area (Å²) >= 11 is 0. The summed E-state index contributed by atoms with van der Waals surface area (Å²) in [5, 5.41) is 0. The van der Waals surface area contributed by atoms with Crippen LogP contribution < -0.4 is 0 Å². The van der Waals surface area contributed by atoms with E-state index in [2.05, 4.69) is 105 Å². The number of aryl methyl sites for hydroxylation is 1. The van der Waals surface area contributed by atoms with Gasteiger partial charge in [0.15, 0.2) is 0 Å². The third-order valence-corrected chi connectivity index (χ3v) is 5.85. The molecule has 0 nitrogen and oxygen atoms in total. The Morgan fingerprint density at radius 2 is 1.50 bits per heavy atom. The van der Waals surface area contributed by atoms with Gasteiger partial charge in [0, 0.05) is 0 Å². The van der Waals surface area contributed by atoms with Gasteiger partial charge in [-0.25, -0.2) is 0 Å². The molecule has 1 atom stereocenters. The van der Waals surface area contributed by atoms with Gasteiger partial charge in [0.1, 0.15) is 0 Å². The minimum atomic E-state index is 0.608. The standard InChI is InChI=1S/C28H24/c1-19-12-15-22(16-13-19)27(21-8-4-3-5-9-21)28-25-11-7-6-10-23(25)24-17-14-20(2)18-26(24)28/h3-12,14-19H,13H2,1-2H3/b28-27+. The topological polar surface area (TPSA) is 0 Å². The zero-order valence-electron chi connectivity index (χ0n) is 16.4. The van der Waals surface area contributed by atoms with Gasteiger partial charge >= 0.3 is 0 Å². The average Bonchev–Trinajstić information content (AvgIpc) is 3.04. The number of allylic oxidation sites excluding steroid dienone is 5. The second-order valence-electron chi connectivity index (χ2n) is 7.94. The maximum Gasteiger partial charge on any atom is -0.00144 e. The molecule has 3 aromatic carbocycles. The molecule has 0 heteroatoms. The average molecular weight is 361 g/mol. The second-order valence-corrected chi connectivity index (χ2v) is 7.94. The monoisotopic (exact) mass is 360 g/mol. The molecule has 3 aromatic rings. The molecule has 5 rings (SSSR count). The first kappa shape index (κ1) is 17.0. The maximum atomic E-state index is 2.41. The summed E-state index contributed by atoms with van der Waals surface area (Å²) in [6.07, 6.45) is 8.17. The Morgan fingerprint density at radius 3 is 2.25 bits per heavy atom. The summed E-state index contributed by atoms with van der Waals surface area (Å²) in [6, 6.07) is 26.6. The van der Waals surface area contributed by atoms with Crippen molar-refractivity contribution in [3.05, 3.63) is 119 Å². The molecule has 0 N–H and O–H groups in total. The van der Waals surface area contributed by atoms with Crippen molar-refractivity contribution in [1.29, 1.82) is 0 Å². The molecular formula is C28H24. The molecule has 0 saturated carbocycles. The van der Waals surface area contributed by atoms with E-state index in [-0.39, 0.29) is 0 Å². The SMILES string of the molecule is Cc1ccc2c(c1)/C(=C(/C1=CCC(C)C=C1)c1ccccc1)c1ccccc1-2. The summed E-state index contributed by atoms with van der Waals surface area (Å²) in [5.41, 5.74) is 12.0. The van der Waals surface area contributed by atoms with E-state index >= 15 is 0 Å². The Hall–Kier alpha value is -3.12. The predicted octanol–water partition coefficient (Wildman–Crippen LogP) is 7.46. The van der Waals surface area contributed by atoms with Crippen molar-refractivity contribution in [2.24, 2.45) is 5.92 Å². The number of fused-ring (bicyclic) bond motifs is 3. The quantitative estimate of drug-likeness (QED) is 0.348. The Labute approximate surface area is 167 Å². The van der Waals surface area contributed by atoms with Crippen molar-refractivity contribution in [3.63, 3.8) is 0 Å². The Kier molecular flexibility index (Phi) is 4.13. The third-order valence-electron chi connectivity index (χ3n) is 5.85. The summed E-state index contributed by atoms with van der Waals surface area (Å²) in [5.74, 6) is 0.608. The molecule has 0 heterocycles. The molecule has 28 heavy (non-hydrogen) atoms. The molecule has 0 aliphatic heterocycles. The molecular weight excluding hydrogens is 336 g/mol. The van der Waals surface area contributed by atoms with Crippen LogP contribution in [0.2, 0.25) is 0 Å². The highest BCUT2D eigenvalue weighted by atomic mass is 14.3. The number of hydrogen-bond donors (Lipinski definition) is 0. The van der Waals surface area contributed by atoms with Crippen LogP contribution in [0.5, 0.6) is 0 Å². The molecule has 2 aliphatic rings. The van der Waals surface area contributed by atoms with Gasteiger partial charge in [-0.15, -0.1) is 0 Å². The lowest BCUT2D eigenvalue weighted by Gasteiger charge is -2.19. The van der Waals surface area contributed by atoms with E-state index in [0.717, 1.165) is 6.42 Å². The van der Waals surface area contributed by atoms with E-state index in [9.17, 15) is 0 Å². The maximum absolute atomic E-state index is 2.41. The van der Waals surface area contributed by atoms with Crippen LogP contribution in [0.3, 0.4) is 0 Å². The Morgan fingerprint density at radius 1 is 0.786 bits per heavy atom. The second kappa shape index (κ2) is 6.80. The Bertz CT molecular complexity index is 1140. The highest BCUT2D eigenvalue weighted by molar-refractivity contribution is 6.14. The van der Waals surface area contributed by atoms with Crippen molar-refractivity contribution < 1.29 is 0 Å². The number of rotatable bonds is 2. The smallest absolute Gasteiger partial charge is 0.00144 e. The lowest BCUT2D eigenvalue weighted by atomic mass is 9.84. The van der Waals surface area contributed by atoms with Crippen LogP contribution in [0.25, 0.3) is 22.3 Å².